The Kier molecular flexibility index (Phi) is 4.01. The Morgan fingerprint density at radius 1 is 0.357 bits per heavy atom. The quantitative estimate of drug-likeness (QED) is 0.552. The molecule has 9 rings (SSSR count). The second-order valence-electron chi connectivity index (χ2n) is 10.3. The number of aliphatic hydroxyl groups excluding tert-OH is 4. The first-order valence-electron chi connectivity index (χ1n) is 11.2. The molecule has 0 saturated heterocycles. The number of aliphatic hydroxyl groups is 4. The van der Waals surface area contributed by atoms with E-state index in [1.54, 1.807) is 0 Å². The van der Waals surface area contributed by atoms with Gasteiger partial charge in [-0.2, -0.15) is 0 Å². The van der Waals surface area contributed by atoms with E-state index in [-0.39, 0.29) is 50.1 Å². The Morgan fingerprint density at radius 3 is 0.786 bits per heavy atom. The SMILES string of the molecule is OC[C@@H]1[C@H]2C=C[C@@H]([C@H]1CO)[C@@H]1C3C=CC([C@H]21)[C@H]1[C@H]2C=C[C@H]([C@@H](CO)[C@@H]2CO)[C@@H]31. The lowest BCUT2D eigenvalue weighted by Gasteiger charge is -2.69. The van der Waals surface area contributed by atoms with Crippen molar-refractivity contribution in [3.05, 3.63) is 36.5 Å². The summed E-state index contributed by atoms with van der Waals surface area (Å²) in [5.74, 6) is 5.23. The summed E-state index contributed by atoms with van der Waals surface area (Å²) < 4.78 is 0. The van der Waals surface area contributed by atoms with Gasteiger partial charge in [-0.1, -0.05) is 36.5 Å². The van der Waals surface area contributed by atoms with Crippen molar-refractivity contribution in [2.24, 2.45) is 82.9 Å². The van der Waals surface area contributed by atoms with Crippen LogP contribution in [0.2, 0.25) is 0 Å². The predicted molar refractivity (Wildman–Crippen MR) is 105 cm³/mol. The van der Waals surface area contributed by atoms with Gasteiger partial charge in [0.15, 0.2) is 0 Å². The Bertz CT molecular complexity index is 616. The molecular weight excluding hydrogens is 352 g/mol. The number of hydrogen-bond acceptors (Lipinski definition) is 4. The van der Waals surface area contributed by atoms with Crippen molar-refractivity contribution in [3.8, 4) is 0 Å². The van der Waals surface area contributed by atoms with E-state index >= 15 is 0 Å². The van der Waals surface area contributed by atoms with E-state index < -0.39 is 0 Å². The van der Waals surface area contributed by atoms with Gasteiger partial charge in [0.05, 0.1) is 0 Å². The van der Waals surface area contributed by atoms with Crippen molar-refractivity contribution in [2.45, 2.75) is 0 Å². The van der Waals surface area contributed by atoms with Crippen LogP contribution >= 0.6 is 0 Å². The van der Waals surface area contributed by atoms with Crippen LogP contribution in [-0.4, -0.2) is 46.9 Å². The highest BCUT2D eigenvalue weighted by Gasteiger charge is 2.66. The molecule has 0 heterocycles. The number of hydrogen-bond donors (Lipinski definition) is 4. The molecule has 3 saturated carbocycles. The molecule has 0 aromatic rings. The van der Waals surface area contributed by atoms with Gasteiger partial charge in [0.1, 0.15) is 0 Å². The molecule has 0 radical (unpaired) electrons. The third-order valence-corrected chi connectivity index (χ3v) is 10.0. The van der Waals surface area contributed by atoms with Crippen molar-refractivity contribution in [3.63, 3.8) is 0 Å². The lowest BCUT2D eigenvalue weighted by Crippen LogP contribution is -2.66. The van der Waals surface area contributed by atoms with Crippen molar-refractivity contribution in [1.29, 1.82) is 0 Å². The lowest BCUT2D eigenvalue weighted by atomic mass is 9.35. The van der Waals surface area contributed by atoms with E-state index in [2.05, 4.69) is 36.5 Å². The molecule has 0 spiro atoms. The molecule has 2 unspecified atom stereocenters. The molecule has 4 heteroatoms. The maximum absolute atomic E-state index is 10.1. The molecule has 4 N–H and O–H groups in total. The summed E-state index contributed by atoms with van der Waals surface area (Å²) in [6.45, 7) is 0.639. The van der Waals surface area contributed by atoms with Gasteiger partial charge in [0.2, 0.25) is 0 Å². The Hall–Kier alpha value is -0.940. The Morgan fingerprint density at radius 2 is 0.571 bits per heavy atom. The first kappa shape index (κ1) is 17.9. The Balaban J connectivity index is 1.44. The van der Waals surface area contributed by atoms with Crippen LogP contribution in [0.5, 0.6) is 0 Å². The fourth-order valence-corrected chi connectivity index (χ4v) is 9.27. The first-order valence-corrected chi connectivity index (χ1v) is 11.2. The normalized spacial score (nSPS) is 59.6. The molecule has 0 aromatic carbocycles. The highest BCUT2D eigenvalue weighted by Crippen LogP contribution is 2.70. The minimum absolute atomic E-state index is 0.160. The standard InChI is InChI=1S/C24H32O4/c25-7-17-11-1-2-12(18(17)8-26)22-16-6-5-15(21(11)22)23-13-3-4-14(24(16)23)20(10-28)19(13)9-27/h1-6,11-28H,7-10H2/t11-,12+,13+,14-,15?,16?,17-,18-,19-,20-,21+,22-,23-,24+/m1/s1. The van der Waals surface area contributed by atoms with Gasteiger partial charge in [-0.15, -0.1) is 0 Å². The predicted octanol–water partition coefficient (Wildman–Crippen LogP) is 1.33. The highest BCUT2D eigenvalue weighted by atomic mass is 16.3. The minimum atomic E-state index is 0.160. The number of allylic oxidation sites excluding steroid dienone is 6. The van der Waals surface area contributed by atoms with Crippen LogP contribution in [0.4, 0.5) is 0 Å². The molecule has 0 aliphatic heterocycles. The molecule has 9 aliphatic carbocycles. The maximum Gasteiger partial charge on any atom is 0.0468 e. The second-order valence-corrected chi connectivity index (χ2v) is 10.3. The maximum atomic E-state index is 10.1. The van der Waals surface area contributed by atoms with Gasteiger partial charge in [-0.25, -0.2) is 0 Å². The molecular formula is C24H32O4. The molecule has 4 nitrogen and oxygen atoms in total. The first-order chi connectivity index (χ1) is 13.7. The summed E-state index contributed by atoms with van der Waals surface area (Å²) >= 11 is 0. The van der Waals surface area contributed by atoms with E-state index in [1.165, 1.54) is 0 Å². The smallest absolute Gasteiger partial charge is 0.0468 e. The van der Waals surface area contributed by atoms with Gasteiger partial charge < -0.3 is 20.4 Å². The summed E-state index contributed by atoms with van der Waals surface area (Å²) in [7, 11) is 0. The zero-order valence-corrected chi connectivity index (χ0v) is 16.2. The van der Waals surface area contributed by atoms with Crippen LogP contribution in [0.1, 0.15) is 0 Å². The molecule has 152 valence electrons. The average Bonchev–Trinajstić information content (AvgIpc) is 2.78. The van der Waals surface area contributed by atoms with Gasteiger partial charge in [0.25, 0.3) is 0 Å². The molecule has 0 amide bonds. The highest BCUT2D eigenvalue weighted by molar-refractivity contribution is 5.31. The van der Waals surface area contributed by atoms with Gasteiger partial charge in [0, 0.05) is 26.4 Å². The molecule has 0 aromatic heterocycles. The van der Waals surface area contributed by atoms with Crippen LogP contribution in [-0.2, 0) is 0 Å². The fourth-order valence-electron chi connectivity index (χ4n) is 9.27. The van der Waals surface area contributed by atoms with Crippen LogP contribution in [0.25, 0.3) is 0 Å². The van der Waals surface area contributed by atoms with Crippen molar-refractivity contribution in [2.75, 3.05) is 26.4 Å². The van der Waals surface area contributed by atoms with E-state index in [0.717, 1.165) is 0 Å². The molecule has 14 atom stereocenters. The minimum Gasteiger partial charge on any atom is -0.396 e. The van der Waals surface area contributed by atoms with E-state index in [4.69, 9.17) is 0 Å². The second kappa shape index (κ2) is 6.28. The van der Waals surface area contributed by atoms with Gasteiger partial charge in [-0.3, -0.25) is 0 Å². The van der Waals surface area contributed by atoms with Crippen LogP contribution in [0.3, 0.4) is 0 Å². The van der Waals surface area contributed by atoms with Crippen molar-refractivity contribution < 1.29 is 20.4 Å². The monoisotopic (exact) mass is 384 g/mol. The lowest BCUT2D eigenvalue weighted by molar-refractivity contribution is -0.177. The van der Waals surface area contributed by atoms with Crippen LogP contribution < -0.4 is 0 Å². The van der Waals surface area contributed by atoms with E-state index in [9.17, 15) is 20.4 Å². The summed E-state index contributed by atoms with van der Waals surface area (Å²) in [5.41, 5.74) is 0. The molecule has 28 heavy (non-hydrogen) atoms. The van der Waals surface area contributed by atoms with Crippen LogP contribution in [0.15, 0.2) is 36.5 Å². The van der Waals surface area contributed by atoms with Gasteiger partial charge in [-0.05, 0) is 82.9 Å². The van der Waals surface area contributed by atoms with Crippen LogP contribution in [0, 0.1) is 82.9 Å². The number of rotatable bonds is 4. The van der Waals surface area contributed by atoms with E-state index in [0.29, 0.717) is 59.2 Å². The third kappa shape index (κ3) is 1.96. The number of fused-ring (bicyclic) bond motifs is 2. The summed E-state index contributed by atoms with van der Waals surface area (Å²) in [5, 5.41) is 40.5. The third-order valence-electron chi connectivity index (χ3n) is 10.0. The van der Waals surface area contributed by atoms with Gasteiger partial charge >= 0.3 is 0 Å². The molecule has 9 aliphatic rings. The summed E-state index contributed by atoms with van der Waals surface area (Å²) in [6.07, 6.45) is 14.3. The molecule has 6 bridgehead atoms. The van der Waals surface area contributed by atoms with Crippen molar-refractivity contribution >= 4 is 0 Å². The topological polar surface area (TPSA) is 80.9 Å². The van der Waals surface area contributed by atoms with Crippen molar-refractivity contribution in [1.82, 2.24) is 0 Å². The zero-order valence-electron chi connectivity index (χ0n) is 16.2. The fraction of sp³-hybridized carbons (Fsp3) is 0.750. The zero-order chi connectivity index (χ0) is 19.2. The molecule has 3 fully saturated rings. The average molecular weight is 385 g/mol. The summed E-state index contributed by atoms with van der Waals surface area (Å²) in [6, 6.07) is 0. The van der Waals surface area contributed by atoms with E-state index in [1.807, 2.05) is 0 Å². The summed E-state index contributed by atoms with van der Waals surface area (Å²) in [4.78, 5) is 0. The largest absolute Gasteiger partial charge is 0.396 e. The Labute approximate surface area is 166 Å².